The maximum absolute atomic E-state index is 6.49. The largest absolute Gasteiger partial charge is 0.368 e. The predicted molar refractivity (Wildman–Crippen MR) is 92.5 cm³/mol. The predicted octanol–water partition coefficient (Wildman–Crippen LogP) is 3.26. The van der Waals surface area contributed by atoms with E-state index in [1.54, 1.807) is 6.20 Å². The summed E-state index contributed by atoms with van der Waals surface area (Å²) in [6.45, 7) is 4.32. The second-order valence-electron chi connectivity index (χ2n) is 6.47. The van der Waals surface area contributed by atoms with Gasteiger partial charge in [-0.1, -0.05) is 24.9 Å². The SMILES string of the molecule is CCc1c(Cl)nc(C2CCC2)nc1N1CCOC(c2ccn[nH]2)C1. The summed E-state index contributed by atoms with van der Waals surface area (Å²) in [6.07, 6.45) is 6.15. The fourth-order valence-corrected chi connectivity index (χ4v) is 3.66. The summed E-state index contributed by atoms with van der Waals surface area (Å²) in [4.78, 5) is 11.8. The Morgan fingerprint density at radius 1 is 1.38 bits per heavy atom. The van der Waals surface area contributed by atoms with Crippen LogP contribution in [0.15, 0.2) is 12.3 Å². The minimum Gasteiger partial charge on any atom is -0.368 e. The topological polar surface area (TPSA) is 66.9 Å². The molecule has 24 heavy (non-hydrogen) atoms. The van der Waals surface area contributed by atoms with Crippen LogP contribution >= 0.6 is 11.6 Å². The highest BCUT2D eigenvalue weighted by molar-refractivity contribution is 6.30. The molecule has 0 aromatic carbocycles. The van der Waals surface area contributed by atoms with Crippen molar-refractivity contribution in [1.29, 1.82) is 0 Å². The average molecular weight is 348 g/mol. The smallest absolute Gasteiger partial charge is 0.138 e. The minimum atomic E-state index is -0.0214. The highest BCUT2D eigenvalue weighted by atomic mass is 35.5. The molecular weight excluding hydrogens is 326 g/mol. The zero-order valence-corrected chi connectivity index (χ0v) is 14.6. The molecule has 0 amide bonds. The molecule has 6 nitrogen and oxygen atoms in total. The molecule has 1 saturated carbocycles. The molecule has 1 atom stereocenters. The molecule has 2 aliphatic rings. The van der Waals surface area contributed by atoms with Gasteiger partial charge in [-0.25, -0.2) is 9.97 Å². The van der Waals surface area contributed by atoms with Crippen molar-refractivity contribution in [1.82, 2.24) is 20.2 Å². The molecule has 1 unspecified atom stereocenters. The summed E-state index contributed by atoms with van der Waals surface area (Å²) in [5.74, 6) is 2.35. The fraction of sp³-hybridized carbons (Fsp3) is 0.588. The summed E-state index contributed by atoms with van der Waals surface area (Å²) in [5, 5.41) is 7.64. The number of nitrogens with zero attached hydrogens (tertiary/aromatic N) is 4. The number of aromatic amines is 1. The van der Waals surface area contributed by atoms with Gasteiger partial charge in [0, 0.05) is 24.2 Å². The van der Waals surface area contributed by atoms with Crippen LogP contribution in [0, 0.1) is 0 Å². The Kier molecular flexibility index (Phi) is 4.41. The van der Waals surface area contributed by atoms with Gasteiger partial charge in [-0.15, -0.1) is 0 Å². The molecule has 1 saturated heterocycles. The summed E-state index contributed by atoms with van der Waals surface area (Å²) in [7, 11) is 0. The number of nitrogens with one attached hydrogen (secondary N) is 1. The lowest BCUT2D eigenvalue weighted by Gasteiger charge is -2.35. The standard InChI is InChI=1S/C17H22ClN5O/c1-2-12-15(18)20-16(11-4-3-5-11)21-17(12)23-8-9-24-14(10-23)13-6-7-19-22-13/h6-7,11,14H,2-5,8-10H2,1H3,(H,19,22). The molecule has 1 aliphatic carbocycles. The number of anilines is 1. The van der Waals surface area contributed by atoms with E-state index in [1.165, 1.54) is 19.3 Å². The molecule has 2 fully saturated rings. The van der Waals surface area contributed by atoms with Crippen molar-refractivity contribution in [3.63, 3.8) is 0 Å². The van der Waals surface area contributed by atoms with E-state index < -0.39 is 0 Å². The van der Waals surface area contributed by atoms with Gasteiger partial charge >= 0.3 is 0 Å². The molecule has 0 bridgehead atoms. The number of rotatable bonds is 4. The Bertz CT molecular complexity index is 701. The molecule has 4 rings (SSSR count). The summed E-state index contributed by atoms with van der Waals surface area (Å²) < 4.78 is 5.90. The first-order valence-electron chi connectivity index (χ1n) is 8.68. The third-order valence-corrected chi connectivity index (χ3v) is 5.32. The molecule has 0 radical (unpaired) electrons. The van der Waals surface area contributed by atoms with Crippen LogP contribution in [0.5, 0.6) is 0 Å². The van der Waals surface area contributed by atoms with Crippen LogP contribution in [0.25, 0.3) is 0 Å². The number of halogens is 1. The lowest BCUT2D eigenvalue weighted by Crippen LogP contribution is -2.40. The lowest BCUT2D eigenvalue weighted by molar-refractivity contribution is 0.0366. The van der Waals surface area contributed by atoms with Crippen molar-refractivity contribution < 1.29 is 4.74 Å². The van der Waals surface area contributed by atoms with Crippen molar-refractivity contribution in [2.75, 3.05) is 24.6 Å². The second-order valence-corrected chi connectivity index (χ2v) is 6.83. The van der Waals surface area contributed by atoms with Gasteiger partial charge in [0.05, 0.1) is 18.8 Å². The van der Waals surface area contributed by atoms with Gasteiger partial charge in [0.25, 0.3) is 0 Å². The Morgan fingerprint density at radius 2 is 2.25 bits per heavy atom. The fourth-order valence-electron chi connectivity index (χ4n) is 3.35. The van der Waals surface area contributed by atoms with Crippen molar-refractivity contribution >= 4 is 17.4 Å². The monoisotopic (exact) mass is 347 g/mol. The minimum absolute atomic E-state index is 0.0214. The lowest BCUT2D eigenvalue weighted by atomic mass is 9.85. The van der Waals surface area contributed by atoms with Crippen LogP contribution in [0.4, 0.5) is 5.82 Å². The van der Waals surface area contributed by atoms with E-state index in [0.717, 1.165) is 42.4 Å². The number of ether oxygens (including phenoxy) is 1. The normalized spacial score (nSPS) is 21.8. The number of morpholine rings is 1. The summed E-state index contributed by atoms with van der Waals surface area (Å²) >= 11 is 6.49. The maximum Gasteiger partial charge on any atom is 0.138 e. The van der Waals surface area contributed by atoms with E-state index in [9.17, 15) is 0 Å². The number of H-pyrrole nitrogens is 1. The molecule has 7 heteroatoms. The Hall–Kier alpha value is -1.66. The van der Waals surface area contributed by atoms with E-state index in [4.69, 9.17) is 21.3 Å². The third kappa shape index (κ3) is 2.89. The van der Waals surface area contributed by atoms with Crippen molar-refractivity contribution in [3.05, 3.63) is 34.5 Å². The van der Waals surface area contributed by atoms with Crippen LogP contribution in [-0.2, 0) is 11.2 Å². The Morgan fingerprint density at radius 3 is 2.92 bits per heavy atom. The quantitative estimate of drug-likeness (QED) is 0.860. The summed E-state index contributed by atoms with van der Waals surface area (Å²) in [5.41, 5.74) is 2.03. The molecule has 2 aromatic heterocycles. The first kappa shape index (κ1) is 15.8. The van der Waals surface area contributed by atoms with Crippen LogP contribution < -0.4 is 4.90 Å². The van der Waals surface area contributed by atoms with Crippen LogP contribution in [0.1, 0.15) is 55.3 Å². The van der Waals surface area contributed by atoms with E-state index in [2.05, 4.69) is 27.0 Å². The van der Waals surface area contributed by atoms with Crippen molar-refractivity contribution in [2.45, 2.75) is 44.6 Å². The highest BCUT2D eigenvalue weighted by Crippen LogP contribution is 2.37. The van der Waals surface area contributed by atoms with E-state index in [0.29, 0.717) is 17.7 Å². The van der Waals surface area contributed by atoms with Gasteiger partial charge < -0.3 is 9.64 Å². The zero-order chi connectivity index (χ0) is 16.5. The highest BCUT2D eigenvalue weighted by Gasteiger charge is 2.29. The Labute approximate surface area is 146 Å². The number of hydrogen-bond donors (Lipinski definition) is 1. The van der Waals surface area contributed by atoms with Gasteiger partial charge in [0.2, 0.25) is 0 Å². The number of aromatic nitrogens is 4. The second kappa shape index (κ2) is 6.69. The van der Waals surface area contributed by atoms with Gasteiger partial charge in [-0.2, -0.15) is 5.10 Å². The molecule has 1 N–H and O–H groups in total. The Balaban J connectivity index is 1.65. The molecule has 1 aliphatic heterocycles. The maximum atomic E-state index is 6.49. The first-order valence-corrected chi connectivity index (χ1v) is 9.06. The van der Waals surface area contributed by atoms with Crippen LogP contribution in [0.2, 0.25) is 5.15 Å². The van der Waals surface area contributed by atoms with E-state index in [1.807, 2.05) is 6.07 Å². The van der Waals surface area contributed by atoms with E-state index >= 15 is 0 Å². The summed E-state index contributed by atoms with van der Waals surface area (Å²) in [6, 6.07) is 1.96. The zero-order valence-electron chi connectivity index (χ0n) is 13.8. The first-order chi connectivity index (χ1) is 11.8. The van der Waals surface area contributed by atoms with E-state index in [-0.39, 0.29) is 6.10 Å². The molecule has 3 heterocycles. The van der Waals surface area contributed by atoms with Gasteiger partial charge in [0.15, 0.2) is 0 Å². The van der Waals surface area contributed by atoms with Crippen molar-refractivity contribution in [2.24, 2.45) is 0 Å². The molecular formula is C17H22ClN5O. The molecule has 128 valence electrons. The van der Waals surface area contributed by atoms with Crippen LogP contribution in [0.3, 0.4) is 0 Å². The average Bonchev–Trinajstić information content (AvgIpc) is 3.07. The van der Waals surface area contributed by atoms with Gasteiger partial charge in [-0.05, 0) is 25.3 Å². The van der Waals surface area contributed by atoms with Crippen LogP contribution in [-0.4, -0.2) is 39.9 Å². The van der Waals surface area contributed by atoms with Gasteiger partial charge in [0.1, 0.15) is 22.9 Å². The van der Waals surface area contributed by atoms with Gasteiger partial charge in [-0.3, -0.25) is 5.10 Å². The van der Waals surface area contributed by atoms with Crippen molar-refractivity contribution in [3.8, 4) is 0 Å². The molecule has 0 spiro atoms. The number of hydrogen-bond acceptors (Lipinski definition) is 5. The molecule has 2 aromatic rings. The third-order valence-electron chi connectivity index (χ3n) is 5.01.